The number of carbonyl (C=O) groups is 2. The van der Waals surface area contributed by atoms with E-state index in [9.17, 15) is 9.59 Å². The third-order valence-electron chi connectivity index (χ3n) is 2.91. The molecule has 1 saturated heterocycles. The van der Waals surface area contributed by atoms with Crippen LogP contribution in [0.3, 0.4) is 0 Å². The first kappa shape index (κ1) is 12.3. The lowest BCUT2D eigenvalue weighted by molar-refractivity contribution is -0.120. The van der Waals surface area contributed by atoms with Crippen molar-refractivity contribution in [1.82, 2.24) is 10.3 Å². The molecule has 2 heterocycles. The molecule has 2 rings (SSSR count). The standard InChI is InChI=1S/C12H15N3O3/c1-8-6-9(12(17)18)7-14-11(8)15-4-2-10(16)13-3-5-15/h6-7H,2-5H2,1H3,(H,13,16)(H,17,18). The number of carboxylic acid groups (broad SMARTS) is 1. The van der Waals surface area contributed by atoms with Crippen molar-refractivity contribution >= 4 is 17.7 Å². The predicted octanol–water partition coefficient (Wildman–Crippen LogP) is 0.415. The number of aromatic carboxylic acids is 1. The topological polar surface area (TPSA) is 82.5 Å². The molecule has 0 aliphatic carbocycles. The van der Waals surface area contributed by atoms with E-state index in [1.54, 1.807) is 6.07 Å². The molecule has 1 aromatic heterocycles. The summed E-state index contributed by atoms with van der Waals surface area (Å²) in [4.78, 5) is 28.3. The Hall–Kier alpha value is -2.11. The number of rotatable bonds is 2. The van der Waals surface area contributed by atoms with Gasteiger partial charge in [-0.3, -0.25) is 4.79 Å². The number of nitrogens with one attached hydrogen (secondary N) is 1. The van der Waals surface area contributed by atoms with Gasteiger partial charge in [0.1, 0.15) is 5.82 Å². The maximum atomic E-state index is 11.3. The average Bonchev–Trinajstić information content (AvgIpc) is 2.54. The highest BCUT2D eigenvalue weighted by atomic mass is 16.4. The number of hydrogen-bond acceptors (Lipinski definition) is 4. The average molecular weight is 249 g/mol. The number of amides is 1. The molecule has 1 aliphatic heterocycles. The largest absolute Gasteiger partial charge is 0.478 e. The van der Waals surface area contributed by atoms with Crippen LogP contribution in [0.5, 0.6) is 0 Å². The van der Waals surface area contributed by atoms with E-state index in [1.165, 1.54) is 6.20 Å². The van der Waals surface area contributed by atoms with Crippen molar-refractivity contribution in [2.45, 2.75) is 13.3 Å². The lowest BCUT2D eigenvalue weighted by Gasteiger charge is -2.22. The third kappa shape index (κ3) is 2.58. The van der Waals surface area contributed by atoms with Crippen LogP contribution < -0.4 is 10.2 Å². The highest BCUT2D eigenvalue weighted by Crippen LogP contribution is 2.18. The van der Waals surface area contributed by atoms with E-state index in [2.05, 4.69) is 10.3 Å². The zero-order chi connectivity index (χ0) is 13.1. The van der Waals surface area contributed by atoms with Gasteiger partial charge in [0.05, 0.1) is 5.56 Å². The Kier molecular flexibility index (Phi) is 3.45. The highest BCUT2D eigenvalue weighted by Gasteiger charge is 2.17. The van der Waals surface area contributed by atoms with E-state index >= 15 is 0 Å². The van der Waals surface area contributed by atoms with Gasteiger partial charge in [-0.25, -0.2) is 9.78 Å². The van der Waals surface area contributed by atoms with Crippen molar-refractivity contribution in [3.63, 3.8) is 0 Å². The molecule has 6 heteroatoms. The number of carboxylic acids is 1. The number of nitrogens with zero attached hydrogens (tertiary/aromatic N) is 2. The van der Waals surface area contributed by atoms with Gasteiger partial charge in [-0.1, -0.05) is 0 Å². The van der Waals surface area contributed by atoms with Gasteiger partial charge in [-0.05, 0) is 18.6 Å². The second-order valence-corrected chi connectivity index (χ2v) is 4.26. The van der Waals surface area contributed by atoms with Gasteiger partial charge >= 0.3 is 5.97 Å². The van der Waals surface area contributed by atoms with Crippen molar-refractivity contribution in [2.75, 3.05) is 24.5 Å². The molecule has 0 bridgehead atoms. The van der Waals surface area contributed by atoms with E-state index in [0.717, 1.165) is 11.4 Å². The van der Waals surface area contributed by atoms with E-state index in [4.69, 9.17) is 5.11 Å². The molecule has 1 aliphatic rings. The van der Waals surface area contributed by atoms with Gasteiger partial charge in [-0.15, -0.1) is 0 Å². The zero-order valence-electron chi connectivity index (χ0n) is 10.1. The van der Waals surface area contributed by atoms with Crippen molar-refractivity contribution in [2.24, 2.45) is 0 Å². The van der Waals surface area contributed by atoms with Crippen molar-refractivity contribution in [3.8, 4) is 0 Å². The molecule has 1 amide bonds. The fraction of sp³-hybridized carbons (Fsp3) is 0.417. The summed E-state index contributed by atoms with van der Waals surface area (Å²) in [5, 5.41) is 11.7. The zero-order valence-corrected chi connectivity index (χ0v) is 10.1. The number of hydrogen-bond donors (Lipinski definition) is 2. The van der Waals surface area contributed by atoms with Crippen LogP contribution in [0.4, 0.5) is 5.82 Å². The monoisotopic (exact) mass is 249 g/mol. The number of anilines is 1. The molecular weight excluding hydrogens is 234 g/mol. The molecule has 0 radical (unpaired) electrons. The van der Waals surface area contributed by atoms with Gasteiger partial charge < -0.3 is 15.3 Å². The molecule has 0 saturated carbocycles. The minimum Gasteiger partial charge on any atom is -0.478 e. The van der Waals surface area contributed by atoms with Crippen molar-refractivity contribution in [1.29, 1.82) is 0 Å². The third-order valence-corrected chi connectivity index (χ3v) is 2.91. The van der Waals surface area contributed by atoms with E-state index in [0.29, 0.717) is 26.1 Å². The number of aromatic nitrogens is 1. The molecule has 0 aromatic carbocycles. The molecule has 96 valence electrons. The predicted molar refractivity (Wildman–Crippen MR) is 65.8 cm³/mol. The van der Waals surface area contributed by atoms with Crippen LogP contribution in [0.1, 0.15) is 22.3 Å². The summed E-state index contributed by atoms with van der Waals surface area (Å²) >= 11 is 0. The summed E-state index contributed by atoms with van der Waals surface area (Å²) in [7, 11) is 0. The van der Waals surface area contributed by atoms with E-state index in [1.807, 2.05) is 11.8 Å². The molecule has 0 atom stereocenters. The first-order valence-corrected chi connectivity index (χ1v) is 5.79. The molecule has 0 spiro atoms. The molecule has 0 unspecified atom stereocenters. The van der Waals surface area contributed by atoms with E-state index in [-0.39, 0.29) is 11.5 Å². The summed E-state index contributed by atoms with van der Waals surface area (Å²) in [6.07, 6.45) is 1.78. The molecule has 18 heavy (non-hydrogen) atoms. The van der Waals surface area contributed by atoms with Gasteiger partial charge in [0.25, 0.3) is 0 Å². The number of pyridine rings is 1. The fourth-order valence-corrected chi connectivity index (χ4v) is 1.99. The Bertz CT molecular complexity index is 487. The molecule has 1 aromatic rings. The van der Waals surface area contributed by atoms with Crippen molar-refractivity contribution in [3.05, 3.63) is 23.4 Å². The Morgan fingerprint density at radius 3 is 2.94 bits per heavy atom. The van der Waals surface area contributed by atoms with Crippen LogP contribution in [0.2, 0.25) is 0 Å². The summed E-state index contributed by atoms with van der Waals surface area (Å²) in [5.74, 6) is -0.196. The summed E-state index contributed by atoms with van der Waals surface area (Å²) < 4.78 is 0. The Morgan fingerprint density at radius 1 is 1.50 bits per heavy atom. The van der Waals surface area contributed by atoms with Gasteiger partial charge in [0, 0.05) is 32.3 Å². The van der Waals surface area contributed by atoms with Crippen LogP contribution in [0.25, 0.3) is 0 Å². The maximum absolute atomic E-state index is 11.3. The quantitative estimate of drug-likeness (QED) is 0.793. The second-order valence-electron chi connectivity index (χ2n) is 4.26. The second kappa shape index (κ2) is 5.03. The van der Waals surface area contributed by atoms with Crippen LogP contribution in [-0.2, 0) is 4.79 Å². The van der Waals surface area contributed by atoms with Crippen LogP contribution in [-0.4, -0.2) is 41.6 Å². The molecular formula is C12H15N3O3. The first-order chi connectivity index (χ1) is 8.58. The summed E-state index contributed by atoms with van der Waals surface area (Å²) in [6.45, 7) is 3.70. The van der Waals surface area contributed by atoms with Gasteiger partial charge in [-0.2, -0.15) is 0 Å². The van der Waals surface area contributed by atoms with E-state index < -0.39 is 5.97 Å². The van der Waals surface area contributed by atoms with Gasteiger partial charge in [0.2, 0.25) is 5.91 Å². The molecule has 6 nitrogen and oxygen atoms in total. The molecule has 2 N–H and O–H groups in total. The van der Waals surface area contributed by atoms with Crippen LogP contribution in [0, 0.1) is 6.92 Å². The lowest BCUT2D eigenvalue weighted by atomic mass is 10.2. The number of carbonyl (C=O) groups excluding carboxylic acids is 1. The lowest BCUT2D eigenvalue weighted by Crippen LogP contribution is -2.29. The fourth-order valence-electron chi connectivity index (χ4n) is 1.99. The Labute approximate surface area is 105 Å². The Balaban J connectivity index is 2.22. The number of aryl methyl sites for hydroxylation is 1. The first-order valence-electron chi connectivity index (χ1n) is 5.79. The Morgan fingerprint density at radius 2 is 2.28 bits per heavy atom. The summed E-state index contributed by atoms with van der Waals surface area (Å²) in [6, 6.07) is 1.60. The minimum atomic E-state index is -0.982. The summed E-state index contributed by atoms with van der Waals surface area (Å²) in [5.41, 5.74) is 0.990. The van der Waals surface area contributed by atoms with Gasteiger partial charge in [0.15, 0.2) is 0 Å². The minimum absolute atomic E-state index is 0.0392. The highest BCUT2D eigenvalue weighted by molar-refractivity contribution is 5.87. The van der Waals surface area contributed by atoms with Crippen LogP contribution in [0.15, 0.2) is 12.3 Å². The normalized spacial score (nSPS) is 16.1. The smallest absolute Gasteiger partial charge is 0.337 e. The van der Waals surface area contributed by atoms with Crippen LogP contribution >= 0.6 is 0 Å². The maximum Gasteiger partial charge on any atom is 0.337 e. The SMILES string of the molecule is Cc1cc(C(=O)O)cnc1N1CCNC(=O)CC1. The molecule has 1 fully saturated rings. The van der Waals surface area contributed by atoms with Crippen molar-refractivity contribution < 1.29 is 14.7 Å².